The van der Waals surface area contributed by atoms with Crippen molar-refractivity contribution in [3.05, 3.63) is 0 Å². The van der Waals surface area contributed by atoms with Gasteiger partial charge in [-0.25, -0.2) is 4.72 Å². The Balaban J connectivity index is 2.13. The first-order chi connectivity index (χ1) is 5.67. The van der Waals surface area contributed by atoms with Crippen molar-refractivity contribution < 1.29 is 13.2 Å². The van der Waals surface area contributed by atoms with E-state index < -0.39 is 10.2 Å². The summed E-state index contributed by atoms with van der Waals surface area (Å²) in [5.41, 5.74) is 0. The minimum atomic E-state index is -3.14. The molecule has 1 fully saturated rings. The van der Waals surface area contributed by atoms with E-state index in [0.29, 0.717) is 32.7 Å². The molecule has 0 bridgehead atoms. The van der Waals surface area contributed by atoms with Gasteiger partial charge < -0.3 is 4.74 Å². The lowest BCUT2D eigenvalue weighted by Gasteiger charge is -2.05. The van der Waals surface area contributed by atoms with Gasteiger partial charge in [0, 0.05) is 33.4 Å². The molecule has 0 unspecified atom stereocenters. The van der Waals surface area contributed by atoms with Crippen molar-refractivity contribution in [2.75, 3.05) is 33.4 Å². The van der Waals surface area contributed by atoms with Crippen LogP contribution in [0.3, 0.4) is 0 Å². The van der Waals surface area contributed by atoms with E-state index in [2.05, 4.69) is 4.72 Å². The van der Waals surface area contributed by atoms with Crippen molar-refractivity contribution in [2.24, 2.45) is 0 Å². The molecular weight excluding hydrogens is 180 g/mol. The van der Waals surface area contributed by atoms with Crippen LogP contribution in [0.25, 0.3) is 0 Å². The molecule has 72 valence electrons. The van der Waals surface area contributed by atoms with Crippen molar-refractivity contribution in [3.8, 4) is 0 Å². The number of ether oxygens (including phenoxy) is 1. The molecule has 1 heterocycles. The van der Waals surface area contributed by atoms with Crippen molar-refractivity contribution in [1.29, 1.82) is 0 Å². The van der Waals surface area contributed by atoms with Crippen molar-refractivity contribution in [2.45, 2.75) is 6.42 Å². The lowest BCUT2D eigenvalue weighted by Crippen LogP contribution is -2.31. The number of hydrogen-bond acceptors (Lipinski definition) is 3. The van der Waals surface area contributed by atoms with Gasteiger partial charge in [0.1, 0.15) is 0 Å². The third-order valence-electron chi connectivity index (χ3n) is 1.56. The molecule has 12 heavy (non-hydrogen) atoms. The lowest BCUT2D eigenvalue weighted by molar-refractivity contribution is 0.196. The van der Waals surface area contributed by atoms with Gasteiger partial charge in [-0.1, -0.05) is 0 Å². The third kappa shape index (κ3) is 3.06. The van der Waals surface area contributed by atoms with Crippen molar-refractivity contribution in [3.63, 3.8) is 0 Å². The van der Waals surface area contributed by atoms with Crippen molar-refractivity contribution >= 4 is 10.2 Å². The van der Waals surface area contributed by atoms with E-state index in [4.69, 9.17) is 4.74 Å². The summed E-state index contributed by atoms with van der Waals surface area (Å²) in [6.07, 6.45) is 0.712. The Hall–Kier alpha value is -0.170. The average molecular weight is 194 g/mol. The Morgan fingerprint density at radius 1 is 1.50 bits per heavy atom. The maximum Gasteiger partial charge on any atom is 0.279 e. The Morgan fingerprint density at radius 3 is 2.67 bits per heavy atom. The SMILES string of the molecule is COCCCNS(=O)(=O)N1CC1. The smallest absolute Gasteiger partial charge is 0.279 e. The molecule has 1 aliphatic rings. The van der Waals surface area contributed by atoms with Crippen LogP contribution in [0, 0.1) is 0 Å². The van der Waals surface area contributed by atoms with E-state index in [-0.39, 0.29) is 0 Å². The van der Waals surface area contributed by atoms with E-state index in [1.807, 2.05) is 0 Å². The Kier molecular flexibility index (Phi) is 3.45. The van der Waals surface area contributed by atoms with Crippen LogP contribution in [0.1, 0.15) is 6.42 Å². The van der Waals surface area contributed by atoms with Crippen LogP contribution in [0.15, 0.2) is 0 Å². The molecule has 0 aromatic carbocycles. The molecule has 1 aliphatic heterocycles. The molecule has 6 heteroatoms. The Morgan fingerprint density at radius 2 is 2.17 bits per heavy atom. The molecule has 0 amide bonds. The molecule has 1 N–H and O–H groups in total. The molecule has 0 aromatic heterocycles. The molecule has 0 radical (unpaired) electrons. The summed E-state index contributed by atoms with van der Waals surface area (Å²) in [7, 11) is -1.54. The highest BCUT2D eigenvalue weighted by atomic mass is 32.2. The summed E-state index contributed by atoms with van der Waals surface area (Å²) in [5, 5.41) is 0. The van der Waals surface area contributed by atoms with Gasteiger partial charge in [0.15, 0.2) is 0 Å². The Bertz CT molecular complexity index is 223. The first-order valence-corrected chi connectivity index (χ1v) is 5.34. The van der Waals surface area contributed by atoms with Gasteiger partial charge >= 0.3 is 0 Å². The zero-order valence-corrected chi connectivity index (χ0v) is 7.93. The molecule has 1 rings (SSSR count). The summed E-state index contributed by atoms with van der Waals surface area (Å²) >= 11 is 0. The minimum absolute atomic E-state index is 0.451. The molecule has 0 aromatic rings. The molecule has 5 nitrogen and oxygen atoms in total. The molecule has 0 spiro atoms. The fraction of sp³-hybridized carbons (Fsp3) is 1.00. The third-order valence-corrected chi connectivity index (χ3v) is 3.17. The van der Waals surface area contributed by atoms with Crippen LogP contribution in [0.4, 0.5) is 0 Å². The predicted octanol–water partition coefficient (Wildman–Crippen LogP) is -0.827. The van der Waals surface area contributed by atoms with Gasteiger partial charge in [0.2, 0.25) is 0 Å². The molecule has 0 atom stereocenters. The van der Waals surface area contributed by atoms with E-state index in [1.54, 1.807) is 7.11 Å². The lowest BCUT2D eigenvalue weighted by atomic mass is 10.5. The van der Waals surface area contributed by atoms with E-state index in [9.17, 15) is 8.42 Å². The number of nitrogens with zero attached hydrogens (tertiary/aromatic N) is 1. The first-order valence-electron chi connectivity index (χ1n) is 3.90. The van der Waals surface area contributed by atoms with E-state index >= 15 is 0 Å². The summed E-state index contributed by atoms with van der Waals surface area (Å²) in [6.45, 7) is 2.34. The van der Waals surface area contributed by atoms with Gasteiger partial charge in [-0.3, -0.25) is 0 Å². The second-order valence-corrected chi connectivity index (χ2v) is 4.40. The van der Waals surface area contributed by atoms with Gasteiger partial charge in [0.05, 0.1) is 0 Å². The van der Waals surface area contributed by atoms with Crippen LogP contribution < -0.4 is 4.72 Å². The minimum Gasteiger partial charge on any atom is -0.385 e. The normalized spacial score (nSPS) is 18.1. The van der Waals surface area contributed by atoms with Gasteiger partial charge in [-0.15, -0.1) is 0 Å². The molecule has 0 aliphatic carbocycles. The summed E-state index contributed by atoms with van der Waals surface area (Å²) in [6, 6.07) is 0. The highest BCUT2D eigenvalue weighted by Gasteiger charge is 2.30. The average Bonchev–Trinajstić information content (AvgIpc) is 2.80. The van der Waals surface area contributed by atoms with Crippen LogP contribution in [-0.4, -0.2) is 46.1 Å². The zero-order chi connectivity index (χ0) is 9.03. The zero-order valence-electron chi connectivity index (χ0n) is 7.12. The van der Waals surface area contributed by atoms with E-state index in [1.165, 1.54) is 4.31 Å². The molecular formula is C6H14N2O3S. The number of rotatable bonds is 6. The fourth-order valence-electron chi connectivity index (χ4n) is 0.790. The highest BCUT2D eigenvalue weighted by Crippen LogP contribution is 2.08. The Labute approximate surface area is 72.9 Å². The van der Waals surface area contributed by atoms with E-state index in [0.717, 1.165) is 0 Å². The largest absolute Gasteiger partial charge is 0.385 e. The van der Waals surface area contributed by atoms with Crippen molar-refractivity contribution in [1.82, 2.24) is 9.03 Å². The van der Waals surface area contributed by atoms with Gasteiger partial charge in [-0.05, 0) is 6.42 Å². The second kappa shape index (κ2) is 4.18. The van der Waals surface area contributed by atoms with Crippen LogP contribution in [0.5, 0.6) is 0 Å². The maximum atomic E-state index is 11.1. The summed E-state index contributed by atoms with van der Waals surface area (Å²) < 4.78 is 30.9. The van der Waals surface area contributed by atoms with Crippen LogP contribution in [-0.2, 0) is 14.9 Å². The summed E-state index contributed by atoms with van der Waals surface area (Å²) in [5.74, 6) is 0. The second-order valence-electron chi connectivity index (χ2n) is 2.64. The standard InChI is InChI=1S/C6H14N2O3S/c1-11-6-2-3-7-12(9,10)8-4-5-8/h7H,2-6H2,1H3. The van der Waals surface area contributed by atoms with Crippen LogP contribution >= 0.6 is 0 Å². The number of methoxy groups -OCH3 is 1. The summed E-state index contributed by atoms with van der Waals surface area (Å²) in [4.78, 5) is 0. The number of nitrogens with one attached hydrogen (secondary N) is 1. The molecule has 1 saturated heterocycles. The van der Waals surface area contributed by atoms with Gasteiger partial charge in [0.25, 0.3) is 10.2 Å². The number of hydrogen-bond donors (Lipinski definition) is 1. The molecule has 0 saturated carbocycles. The van der Waals surface area contributed by atoms with Crippen LogP contribution in [0.2, 0.25) is 0 Å². The topological polar surface area (TPSA) is 58.4 Å². The quantitative estimate of drug-likeness (QED) is 0.443. The predicted molar refractivity (Wildman–Crippen MR) is 45.0 cm³/mol. The fourth-order valence-corrected chi connectivity index (χ4v) is 1.94. The monoisotopic (exact) mass is 194 g/mol. The highest BCUT2D eigenvalue weighted by molar-refractivity contribution is 7.87. The first kappa shape index (κ1) is 9.91. The maximum absolute atomic E-state index is 11.1. The van der Waals surface area contributed by atoms with Gasteiger partial charge in [-0.2, -0.15) is 12.7 Å².